The number of halogens is 1. The predicted molar refractivity (Wildman–Crippen MR) is 113 cm³/mol. The fraction of sp³-hybridized carbons (Fsp3) is 0.400. The lowest BCUT2D eigenvalue weighted by Gasteiger charge is -2.05. The molecule has 0 aliphatic heterocycles. The quantitative estimate of drug-likeness (QED) is 0.279. The van der Waals surface area contributed by atoms with Crippen LogP contribution in [0.3, 0.4) is 0 Å². The summed E-state index contributed by atoms with van der Waals surface area (Å²) in [6.07, 6.45) is 5.04. The Hall–Kier alpha value is -2.60. The molecule has 28 heavy (non-hydrogen) atoms. The highest BCUT2D eigenvalue weighted by Crippen LogP contribution is 2.20. The smallest absolute Gasteiger partial charge is 0.338 e. The van der Waals surface area contributed by atoms with Crippen LogP contribution in [0.2, 0.25) is 0 Å². The topological polar surface area (TPSA) is 26.3 Å². The molecule has 0 bridgehead atoms. The summed E-state index contributed by atoms with van der Waals surface area (Å²) in [5, 5.41) is 0. The van der Waals surface area contributed by atoms with Crippen LogP contribution >= 0.6 is 0 Å². The number of ether oxygens (including phenoxy) is 1. The molecule has 0 amide bonds. The molecule has 2 aromatic carbocycles. The van der Waals surface area contributed by atoms with Crippen LogP contribution in [0, 0.1) is 11.8 Å². The lowest BCUT2D eigenvalue weighted by Crippen LogP contribution is -2.03. The first-order valence-corrected chi connectivity index (χ1v) is 10.2. The van der Waals surface area contributed by atoms with Gasteiger partial charge in [-0.1, -0.05) is 68.7 Å². The van der Waals surface area contributed by atoms with Gasteiger partial charge in [-0.3, -0.25) is 0 Å². The van der Waals surface area contributed by atoms with Gasteiger partial charge in [0.2, 0.25) is 0 Å². The van der Waals surface area contributed by atoms with Gasteiger partial charge in [-0.2, -0.15) is 0 Å². The van der Waals surface area contributed by atoms with Crippen molar-refractivity contribution in [1.29, 1.82) is 0 Å². The molecule has 0 aromatic heterocycles. The molecule has 0 saturated carbocycles. The minimum atomic E-state index is -1.06. The summed E-state index contributed by atoms with van der Waals surface area (Å²) in [5.74, 6) is 5.33. The largest absolute Gasteiger partial charge is 0.462 e. The second-order valence-electron chi connectivity index (χ2n) is 6.81. The van der Waals surface area contributed by atoms with Crippen LogP contribution in [0.25, 0.3) is 11.1 Å². The Kier molecular flexibility index (Phi) is 9.28. The van der Waals surface area contributed by atoms with Gasteiger partial charge in [-0.15, -0.1) is 0 Å². The summed E-state index contributed by atoms with van der Waals surface area (Å²) in [6.45, 7) is 4.32. The van der Waals surface area contributed by atoms with Crippen LogP contribution < -0.4 is 0 Å². The molecule has 2 rings (SSSR count). The van der Waals surface area contributed by atoms with Crippen molar-refractivity contribution in [3.63, 3.8) is 0 Å². The summed E-state index contributed by atoms with van der Waals surface area (Å²) in [6, 6.07) is 15.0. The molecular formula is C25H29FO2. The molecule has 0 radical (unpaired) electrons. The van der Waals surface area contributed by atoms with E-state index in [4.69, 9.17) is 4.74 Å². The van der Waals surface area contributed by atoms with E-state index in [1.165, 1.54) is 19.3 Å². The fourth-order valence-corrected chi connectivity index (χ4v) is 2.92. The maximum atomic E-state index is 13.9. The summed E-state index contributed by atoms with van der Waals surface area (Å²) in [4.78, 5) is 11.7. The molecular weight excluding hydrogens is 351 g/mol. The third kappa shape index (κ3) is 7.19. The van der Waals surface area contributed by atoms with Gasteiger partial charge in [-0.05, 0) is 55.2 Å². The predicted octanol–water partition coefficient (Wildman–Crippen LogP) is 6.58. The van der Waals surface area contributed by atoms with Gasteiger partial charge in [0.1, 0.15) is 0 Å². The molecule has 0 fully saturated rings. The van der Waals surface area contributed by atoms with Gasteiger partial charge >= 0.3 is 5.97 Å². The molecule has 2 nitrogen and oxygen atoms in total. The van der Waals surface area contributed by atoms with Crippen molar-refractivity contribution in [1.82, 2.24) is 0 Å². The minimum Gasteiger partial charge on any atom is -0.462 e. The maximum Gasteiger partial charge on any atom is 0.338 e. The van der Waals surface area contributed by atoms with Gasteiger partial charge < -0.3 is 4.74 Å². The van der Waals surface area contributed by atoms with Crippen LogP contribution in [0.4, 0.5) is 4.39 Å². The zero-order valence-electron chi connectivity index (χ0n) is 16.8. The summed E-state index contributed by atoms with van der Waals surface area (Å²) < 4.78 is 18.9. The second kappa shape index (κ2) is 12.0. The van der Waals surface area contributed by atoms with Crippen molar-refractivity contribution < 1.29 is 13.9 Å². The van der Waals surface area contributed by atoms with E-state index in [1.807, 2.05) is 36.4 Å². The van der Waals surface area contributed by atoms with Crippen molar-refractivity contribution in [2.24, 2.45) is 0 Å². The first-order valence-electron chi connectivity index (χ1n) is 10.2. The number of hydrogen-bond acceptors (Lipinski definition) is 2. The van der Waals surface area contributed by atoms with E-state index in [0.717, 1.165) is 29.5 Å². The van der Waals surface area contributed by atoms with Crippen molar-refractivity contribution in [3.8, 4) is 23.0 Å². The molecule has 0 heterocycles. The van der Waals surface area contributed by atoms with Gasteiger partial charge in [0, 0.05) is 5.56 Å². The highest BCUT2D eigenvalue weighted by molar-refractivity contribution is 5.90. The lowest BCUT2D eigenvalue weighted by atomic mass is 10.0. The van der Waals surface area contributed by atoms with Gasteiger partial charge in [0.15, 0.2) is 6.17 Å². The van der Waals surface area contributed by atoms with E-state index >= 15 is 0 Å². The van der Waals surface area contributed by atoms with Crippen LogP contribution in [-0.4, -0.2) is 18.7 Å². The van der Waals surface area contributed by atoms with E-state index < -0.39 is 6.17 Å². The van der Waals surface area contributed by atoms with Crippen molar-refractivity contribution in [2.75, 3.05) is 6.61 Å². The molecule has 3 heteroatoms. The number of benzene rings is 2. The number of rotatable bonds is 9. The summed E-state index contributed by atoms with van der Waals surface area (Å²) in [5.41, 5.74) is 3.37. The molecule has 0 saturated heterocycles. The number of carbonyl (C=O) groups excluding carboxylic acids is 1. The van der Waals surface area contributed by atoms with Crippen molar-refractivity contribution >= 4 is 5.97 Å². The first-order chi connectivity index (χ1) is 13.6. The zero-order valence-corrected chi connectivity index (χ0v) is 16.8. The van der Waals surface area contributed by atoms with Crippen LogP contribution in [0.15, 0.2) is 48.5 Å². The third-order valence-electron chi connectivity index (χ3n) is 4.55. The third-order valence-corrected chi connectivity index (χ3v) is 4.55. The van der Waals surface area contributed by atoms with Gasteiger partial charge in [-0.25, -0.2) is 9.18 Å². The van der Waals surface area contributed by atoms with E-state index in [-0.39, 0.29) is 5.97 Å². The monoisotopic (exact) mass is 380 g/mol. The summed E-state index contributed by atoms with van der Waals surface area (Å²) >= 11 is 0. The molecule has 2 aromatic rings. The first kappa shape index (κ1) is 21.7. The number of alkyl halides is 1. The lowest BCUT2D eigenvalue weighted by molar-refractivity contribution is 0.0526. The van der Waals surface area contributed by atoms with Crippen LogP contribution in [-0.2, 0) is 4.74 Å². The zero-order chi connectivity index (χ0) is 20.2. The Morgan fingerprint density at radius 1 is 0.929 bits per heavy atom. The Bertz CT molecular complexity index is 782. The standard InChI is InChI=1S/C25H29FO2/c1-3-5-6-7-8-9-24(26)19-12-20-10-13-21(14-11-20)22-15-17-23(18-16-22)25(27)28-4-2/h10-11,13-18,24H,3-9H2,1-2H3. The molecule has 0 aliphatic rings. The van der Waals surface area contributed by atoms with E-state index in [9.17, 15) is 9.18 Å². The average Bonchev–Trinajstić information content (AvgIpc) is 2.73. The normalized spacial score (nSPS) is 11.4. The number of unbranched alkanes of at least 4 members (excludes halogenated alkanes) is 4. The van der Waals surface area contributed by atoms with E-state index in [0.29, 0.717) is 18.6 Å². The van der Waals surface area contributed by atoms with Crippen molar-refractivity contribution in [2.45, 2.75) is 58.5 Å². The van der Waals surface area contributed by atoms with Gasteiger partial charge in [0.25, 0.3) is 0 Å². The Morgan fingerprint density at radius 2 is 1.54 bits per heavy atom. The Morgan fingerprint density at radius 3 is 2.14 bits per heavy atom. The maximum absolute atomic E-state index is 13.9. The minimum absolute atomic E-state index is 0.314. The van der Waals surface area contributed by atoms with Gasteiger partial charge in [0.05, 0.1) is 12.2 Å². The Labute approximate surface area is 168 Å². The molecule has 0 spiro atoms. The van der Waals surface area contributed by atoms with Crippen LogP contribution in [0.1, 0.15) is 68.3 Å². The molecule has 0 N–H and O–H groups in total. The highest BCUT2D eigenvalue weighted by atomic mass is 19.1. The molecule has 148 valence electrons. The van der Waals surface area contributed by atoms with E-state index in [1.54, 1.807) is 19.1 Å². The molecule has 1 atom stereocenters. The fourth-order valence-electron chi connectivity index (χ4n) is 2.92. The average molecular weight is 381 g/mol. The molecule has 0 aliphatic carbocycles. The number of hydrogen-bond donors (Lipinski definition) is 0. The summed E-state index contributed by atoms with van der Waals surface area (Å²) in [7, 11) is 0. The number of carbonyl (C=O) groups is 1. The highest BCUT2D eigenvalue weighted by Gasteiger charge is 2.06. The van der Waals surface area contributed by atoms with Crippen molar-refractivity contribution in [3.05, 3.63) is 59.7 Å². The number of esters is 1. The SMILES string of the molecule is CCCCCCCC(F)C#Cc1ccc(-c2ccc(C(=O)OCC)cc2)cc1. The Balaban J connectivity index is 1.90. The van der Waals surface area contributed by atoms with E-state index in [2.05, 4.69) is 18.8 Å². The molecule has 1 unspecified atom stereocenters. The second-order valence-corrected chi connectivity index (χ2v) is 6.81. The van der Waals surface area contributed by atoms with Crippen LogP contribution in [0.5, 0.6) is 0 Å².